The molecule has 0 aromatic rings. The second kappa shape index (κ2) is 2.70. The number of alkyl halides is 1. The Bertz CT molecular complexity index is 66.9. The minimum absolute atomic E-state index is 0.289. The maximum Gasteiger partial charge on any atom is 0.0509 e. The fraction of sp³-hybridized carbons (Fsp3) is 1.00. The number of rotatable bonds is 1. The molecular formula is C6H11ClO. The van der Waals surface area contributed by atoms with Gasteiger partial charge in [-0.2, -0.15) is 0 Å². The first kappa shape index (κ1) is 6.37. The minimum Gasteiger partial charge on any atom is -0.381 e. The van der Waals surface area contributed by atoms with Crippen LogP contribution in [0.2, 0.25) is 0 Å². The Morgan fingerprint density at radius 2 is 2.50 bits per heavy atom. The van der Waals surface area contributed by atoms with Gasteiger partial charge in [0.05, 0.1) is 6.61 Å². The van der Waals surface area contributed by atoms with E-state index >= 15 is 0 Å². The van der Waals surface area contributed by atoms with Crippen LogP contribution in [0.3, 0.4) is 0 Å². The molecular weight excluding hydrogens is 124 g/mol. The fourth-order valence-electron chi connectivity index (χ4n) is 0.915. The van der Waals surface area contributed by atoms with Crippen molar-refractivity contribution in [2.24, 2.45) is 5.92 Å². The predicted octanol–water partition coefficient (Wildman–Crippen LogP) is 1.65. The summed E-state index contributed by atoms with van der Waals surface area (Å²) in [5.41, 5.74) is 0. The van der Waals surface area contributed by atoms with Gasteiger partial charge in [-0.05, 0) is 13.3 Å². The SMILES string of the molecule is CC(Cl)C1CCOC1. The lowest BCUT2D eigenvalue weighted by atomic mass is 10.1. The molecule has 48 valence electrons. The van der Waals surface area contributed by atoms with Crippen LogP contribution in [0.15, 0.2) is 0 Å². The van der Waals surface area contributed by atoms with Crippen molar-refractivity contribution in [3.8, 4) is 0 Å². The summed E-state index contributed by atoms with van der Waals surface area (Å²) in [6.07, 6.45) is 1.14. The van der Waals surface area contributed by atoms with Gasteiger partial charge in [-0.3, -0.25) is 0 Å². The minimum atomic E-state index is 0.289. The zero-order valence-corrected chi connectivity index (χ0v) is 5.82. The van der Waals surface area contributed by atoms with E-state index in [9.17, 15) is 0 Å². The third-order valence-electron chi connectivity index (χ3n) is 1.61. The Hall–Kier alpha value is 0.250. The van der Waals surface area contributed by atoms with Gasteiger partial charge in [-0.1, -0.05) is 0 Å². The lowest BCUT2D eigenvalue weighted by Crippen LogP contribution is -2.09. The molecule has 1 fully saturated rings. The normalized spacial score (nSPS) is 33.0. The molecule has 8 heavy (non-hydrogen) atoms. The standard InChI is InChI=1S/C6H11ClO/c1-5(7)6-2-3-8-4-6/h5-6H,2-4H2,1H3. The Morgan fingerprint density at radius 3 is 2.75 bits per heavy atom. The maximum absolute atomic E-state index is 5.80. The molecule has 1 nitrogen and oxygen atoms in total. The fourth-order valence-corrected chi connectivity index (χ4v) is 1.11. The van der Waals surface area contributed by atoms with Crippen LogP contribution in [0.25, 0.3) is 0 Å². The lowest BCUT2D eigenvalue weighted by molar-refractivity contribution is 0.185. The van der Waals surface area contributed by atoms with Crippen molar-refractivity contribution in [3.63, 3.8) is 0 Å². The molecule has 1 aliphatic rings. The molecule has 0 N–H and O–H groups in total. The first-order chi connectivity index (χ1) is 3.80. The van der Waals surface area contributed by atoms with Gasteiger partial charge < -0.3 is 4.74 Å². The zero-order chi connectivity index (χ0) is 5.98. The summed E-state index contributed by atoms with van der Waals surface area (Å²) in [5, 5.41) is 0.289. The average Bonchev–Trinajstić information content (AvgIpc) is 2.12. The van der Waals surface area contributed by atoms with Gasteiger partial charge in [-0.15, -0.1) is 11.6 Å². The Morgan fingerprint density at radius 1 is 1.75 bits per heavy atom. The molecule has 2 atom stereocenters. The summed E-state index contributed by atoms with van der Waals surface area (Å²) < 4.78 is 5.13. The molecule has 0 spiro atoms. The van der Waals surface area contributed by atoms with Crippen molar-refractivity contribution in [1.82, 2.24) is 0 Å². The molecule has 1 heterocycles. The van der Waals surface area contributed by atoms with Gasteiger partial charge in [0, 0.05) is 17.9 Å². The zero-order valence-electron chi connectivity index (χ0n) is 5.06. The molecule has 1 saturated heterocycles. The maximum atomic E-state index is 5.80. The molecule has 0 saturated carbocycles. The van der Waals surface area contributed by atoms with Gasteiger partial charge in [0.15, 0.2) is 0 Å². The Balaban J connectivity index is 2.24. The highest BCUT2D eigenvalue weighted by atomic mass is 35.5. The van der Waals surface area contributed by atoms with Crippen LogP contribution in [-0.2, 0) is 4.74 Å². The molecule has 2 heteroatoms. The molecule has 1 rings (SSSR count). The second-order valence-electron chi connectivity index (χ2n) is 2.30. The summed E-state index contributed by atoms with van der Waals surface area (Å²) in [7, 11) is 0. The molecule has 1 aliphatic heterocycles. The van der Waals surface area contributed by atoms with Crippen molar-refractivity contribution in [2.45, 2.75) is 18.7 Å². The van der Waals surface area contributed by atoms with Crippen LogP contribution in [0.4, 0.5) is 0 Å². The van der Waals surface area contributed by atoms with Gasteiger partial charge in [0.2, 0.25) is 0 Å². The average molecular weight is 135 g/mol. The van der Waals surface area contributed by atoms with Crippen LogP contribution in [0.5, 0.6) is 0 Å². The molecule has 0 aromatic heterocycles. The summed E-state index contributed by atoms with van der Waals surface area (Å²) in [6.45, 7) is 3.80. The molecule has 0 amide bonds. The van der Waals surface area contributed by atoms with E-state index < -0.39 is 0 Å². The topological polar surface area (TPSA) is 9.23 Å². The predicted molar refractivity (Wildman–Crippen MR) is 34.2 cm³/mol. The third kappa shape index (κ3) is 1.36. The number of hydrogen-bond acceptors (Lipinski definition) is 1. The summed E-state index contributed by atoms with van der Waals surface area (Å²) >= 11 is 5.80. The number of hydrogen-bond donors (Lipinski definition) is 0. The van der Waals surface area contributed by atoms with E-state index in [-0.39, 0.29) is 5.38 Å². The van der Waals surface area contributed by atoms with Crippen molar-refractivity contribution >= 4 is 11.6 Å². The van der Waals surface area contributed by atoms with Gasteiger partial charge in [0.1, 0.15) is 0 Å². The van der Waals surface area contributed by atoms with Crippen molar-refractivity contribution in [1.29, 1.82) is 0 Å². The van der Waals surface area contributed by atoms with Gasteiger partial charge >= 0.3 is 0 Å². The lowest BCUT2D eigenvalue weighted by Gasteiger charge is -2.07. The van der Waals surface area contributed by atoms with Crippen LogP contribution < -0.4 is 0 Å². The van der Waals surface area contributed by atoms with E-state index in [4.69, 9.17) is 16.3 Å². The number of halogens is 1. The molecule has 0 aliphatic carbocycles. The molecule has 0 aromatic carbocycles. The smallest absolute Gasteiger partial charge is 0.0509 e. The van der Waals surface area contributed by atoms with Crippen molar-refractivity contribution in [2.75, 3.05) is 13.2 Å². The monoisotopic (exact) mass is 134 g/mol. The highest BCUT2D eigenvalue weighted by molar-refractivity contribution is 6.20. The van der Waals surface area contributed by atoms with E-state index in [1.807, 2.05) is 6.92 Å². The molecule has 0 bridgehead atoms. The quantitative estimate of drug-likeness (QED) is 0.496. The highest BCUT2D eigenvalue weighted by Gasteiger charge is 2.19. The third-order valence-corrected chi connectivity index (χ3v) is 1.97. The van der Waals surface area contributed by atoms with E-state index in [1.165, 1.54) is 0 Å². The summed E-state index contributed by atoms with van der Waals surface area (Å²) in [4.78, 5) is 0. The van der Waals surface area contributed by atoms with Gasteiger partial charge in [-0.25, -0.2) is 0 Å². The first-order valence-electron chi connectivity index (χ1n) is 3.02. The highest BCUT2D eigenvalue weighted by Crippen LogP contribution is 2.19. The Kier molecular flexibility index (Phi) is 2.15. The summed E-state index contributed by atoms with van der Waals surface area (Å²) in [5.74, 6) is 0.608. The summed E-state index contributed by atoms with van der Waals surface area (Å²) in [6, 6.07) is 0. The van der Waals surface area contributed by atoms with E-state index in [0.29, 0.717) is 5.92 Å². The van der Waals surface area contributed by atoms with Crippen molar-refractivity contribution in [3.05, 3.63) is 0 Å². The van der Waals surface area contributed by atoms with Crippen LogP contribution in [0.1, 0.15) is 13.3 Å². The number of ether oxygens (including phenoxy) is 1. The second-order valence-corrected chi connectivity index (χ2v) is 2.99. The largest absolute Gasteiger partial charge is 0.381 e. The Labute approximate surface area is 55.0 Å². The van der Waals surface area contributed by atoms with E-state index in [1.54, 1.807) is 0 Å². The van der Waals surface area contributed by atoms with Crippen LogP contribution in [0, 0.1) is 5.92 Å². The van der Waals surface area contributed by atoms with Gasteiger partial charge in [0.25, 0.3) is 0 Å². The molecule has 2 unspecified atom stereocenters. The van der Waals surface area contributed by atoms with E-state index in [0.717, 1.165) is 19.6 Å². The first-order valence-corrected chi connectivity index (χ1v) is 3.46. The van der Waals surface area contributed by atoms with Crippen LogP contribution in [-0.4, -0.2) is 18.6 Å². The molecule has 0 radical (unpaired) electrons. The van der Waals surface area contributed by atoms with E-state index in [2.05, 4.69) is 0 Å². The van der Waals surface area contributed by atoms with Crippen LogP contribution >= 0.6 is 11.6 Å². The van der Waals surface area contributed by atoms with Crippen molar-refractivity contribution < 1.29 is 4.74 Å².